The number of halogens is 2. The minimum absolute atomic E-state index is 0.306. The van der Waals surface area contributed by atoms with Crippen LogP contribution in [0.15, 0.2) is 53.4 Å². The molecule has 0 bridgehead atoms. The van der Waals surface area contributed by atoms with Gasteiger partial charge in [-0.25, -0.2) is 21.9 Å². The molecule has 0 fully saturated rings. The van der Waals surface area contributed by atoms with Crippen LogP contribution in [0.25, 0.3) is 0 Å². The van der Waals surface area contributed by atoms with E-state index < -0.39 is 27.7 Å². The molecule has 106 valence electrons. The SMILES string of the molecule is CC(NS(=O)(=O)c1ccc(F)c(F)c1)c1ccccc1. The normalized spacial score (nSPS) is 13.2. The van der Waals surface area contributed by atoms with Gasteiger partial charge in [0.15, 0.2) is 11.6 Å². The summed E-state index contributed by atoms with van der Waals surface area (Å²) >= 11 is 0. The Bertz CT molecular complexity index is 702. The van der Waals surface area contributed by atoms with E-state index in [0.717, 1.165) is 17.7 Å². The Hall–Kier alpha value is -1.79. The molecule has 2 aromatic rings. The summed E-state index contributed by atoms with van der Waals surface area (Å²) in [7, 11) is -3.90. The molecule has 0 saturated carbocycles. The summed E-state index contributed by atoms with van der Waals surface area (Å²) in [6.45, 7) is 1.67. The first-order chi connectivity index (χ1) is 9.40. The molecule has 1 atom stereocenters. The molecule has 0 radical (unpaired) electrons. The van der Waals surface area contributed by atoms with Crippen LogP contribution in [0.3, 0.4) is 0 Å². The highest BCUT2D eigenvalue weighted by molar-refractivity contribution is 7.89. The number of nitrogens with one attached hydrogen (secondary N) is 1. The van der Waals surface area contributed by atoms with Gasteiger partial charge in [-0.15, -0.1) is 0 Å². The molecule has 0 aliphatic carbocycles. The molecular weight excluding hydrogens is 284 g/mol. The van der Waals surface area contributed by atoms with Crippen LogP contribution in [0.2, 0.25) is 0 Å². The molecule has 2 rings (SSSR count). The lowest BCUT2D eigenvalue weighted by Gasteiger charge is -2.14. The zero-order valence-electron chi connectivity index (χ0n) is 10.7. The first-order valence-electron chi connectivity index (χ1n) is 5.92. The monoisotopic (exact) mass is 297 g/mol. The molecule has 0 aromatic heterocycles. The van der Waals surface area contributed by atoms with Crippen LogP contribution in [0.1, 0.15) is 18.5 Å². The van der Waals surface area contributed by atoms with Crippen LogP contribution in [-0.4, -0.2) is 8.42 Å². The third-order valence-electron chi connectivity index (χ3n) is 2.83. The fraction of sp³-hybridized carbons (Fsp3) is 0.143. The fourth-order valence-corrected chi connectivity index (χ4v) is 3.00. The first-order valence-corrected chi connectivity index (χ1v) is 7.41. The maximum atomic E-state index is 13.1. The predicted molar refractivity (Wildman–Crippen MR) is 71.5 cm³/mol. The van der Waals surface area contributed by atoms with Gasteiger partial charge in [0.1, 0.15) is 0 Å². The van der Waals surface area contributed by atoms with Crippen molar-refractivity contribution in [2.24, 2.45) is 0 Å². The zero-order valence-corrected chi connectivity index (χ0v) is 11.5. The summed E-state index contributed by atoms with van der Waals surface area (Å²) in [5.74, 6) is -2.28. The van der Waals surface area contributed by atoms with Crippen LogP contribution < -0.4 is 4.72 Å². The molecule has 0 spiro atoms. The summed E-state index contributed by atoms with van der Waals surface area (Å²) in [5, 5.41) is 0. The summed E-state index contributed by atoms with van der Waals surface area (Å²) in [6, 6.07) is 11.0. The zero-order chi connectivity index (χ0) is 14.8. The van der Waals surface area contributed by atoms with Gasteiger partial charge in [0.2, 0.25) is 10.0 Å². The van der Waals surface area contributed by atoms with E-state index in [1.54, 1.807) is 31.2 Å². The van der Waals surface area contributed by atoms with E-state index in [4.69, 9.17) is 0 Å². The second kappa shape index (κ2) is 5.68. The van der Waals surface area contributed by atoms with Crippen molar-refractivity contribution >= 4 is 10.0 Å². The van der Waals surface area contributed by atoms with E-state index in [0.29, 0.717) is 6.07 Å². The van der Waals surface area contributed by atoms with Crippen molar-refractivity contribution in [1.29, 1.82) is 0 Å². The van der Waals surface area contributed by atoms with Gasteiger partial charge in [0.05, 0.1) is 4.90 Å². The van der Waals surface area contributed by atoms with E-state index in [9.17, 15) is 17.2 Å². The molecule has 0 amide bonds. The van der Waals surface area contributed by atoms with Gasteiger partial charge < -0.3 is 0 Å². The Balaban J connectivity index is 2.25. The number of benzene rings is 2. The van der Waals surface area contributed by atoms with Crippen LogP contribution >= 0.6 is 0 Å². The molecular formula is C14H13F2NO2S. The molecule has 2 aromatic carbocycles. The Morgan fingerprint density at radius 1 is 1.00 bits per heavy atom. The second-order valence-electron chi connectivity index (χ2n) is 4.33. The molecule has 3 nitrogen and oxygen atoms in total. The van der Waals surface area contributed by atoms with Gasteiger partial charge in [-0.05, 0) is 30.7 Å². The highest BCUT2D eigenvalue weighted by Gasteiger charge is 2.19. The van der Waals surface area contributed by atoms with E-state index in [2.05, 4.69) is 4.72 Å². The summed E-state index contributed by atoms with van der Waals surface area (Å²) in [6.07, 6.45) is 0. The summed E-state index contributed by atoms with van der Waals surface area (Å²) < 4.78 is 52.5. The Kier molecular flexibility index (Phi) is 4.15. The minimum Gasteiger partial charge on any atom is -0.207 e. The van der Waals surface area contributed by atoms with Gasteiger partial charge in [0.25, 0.3) is 0 Å². The Morgan fingerprint density at radius 2 is 1.65 bits per heavy atom. The lowest BCUT2D eigenvalue weighted by molar-refractivity contribution is 0.503. The maximum absolute atomic E-state index is 13.1. The van der Waals surface area contributed by atoms with Crippen molar-refractivity contribution < 1.29 is 17.2 Å². The van der Waals surface area contributed by atoms with Crippen LogP contribution in [0, 0.1) is 11.6 Å². The van der Waals surface area contributed by atoms with Crippen LogP contribution in [-0.2, 0) is 10.0 Å². The van der Waals surface area contributed by atoms with Gasteiger partial charge >= 0.3 is 0 Å². The first kappa shape index (κ1) is 14.6. The van der Waals surface area contributed by atoms with Gasteiger partial charge in [0, 0.05) is 6.04 Å². The predicted octanol–water partition coefficient (Wildman–Crippen LogP) is 3.00. The van der Waals surface area contributed by atoms with Crippen molar-refractivity contribution in [2.45, 2.75) is 17.9 Å². The van der Waals surface area contributed by atoms with Gasteiger partial charge in [-0.2, -0.15) is 0 Å². The van der Waals surface area contributed by atoms with Crippen LogP contribution in [0.4, 0.5) is 8.78 Å². The molecule has 1 unspecified atom stereocenters. The highest BCUT2D eigenvalue weighted by atomic mass is 32.2. The number of rotatable bonds is 4. The molecule has 0 saturated heterocycles. The number of hydrogen-bond acceptors (Lipinski definition) is 2. The van der Waals surface area contributed by atoms with Gasteiger partial charge in [-0.3, -0.25) is 0 Å². The molecule has 1 N–H and O–H groups in total. The topological polar surface area (TPSA) is 46.2 Å². The van der Waals surface area contributed by atoms with Gasteiger partial charge in [-0.1, -0.05) is 30.3 Å². The molecule has 0 heterocycles. The fourth-order valence-electron chi connectivity index (χ4n) is 1.75. The Morgan fingerprint density at radius 3 is 2.25 bits per heavy atom. The van der Waals surface area contributed by atoms with Crippen LogP contribution in [0.5, 0.6) is 0 Å². The van der Waals surface area contributed by atoms with Crippen molar-refractivity contribution in [3.8, 4) is 0 Å². The summed E-state index contributed by atoms with van der Waals surface area (Å²) in [4.78, 5) is -0.306. The lowest BCUT2D eigenvalue weighted by atomic mass is 10.1. The third kappa shape index (κ3) is 3.20. The standard InChI is InChI=1S/C14H13F2NO2S/c1-10(11-5-3-2-4-6-11)17-20(18,19)12-7-8-13(15)14(16)9-12/h2-10,17H,1H3. The second-order valence-corrected chi connectivity index (χ2v) is 6.04. The molecule has 6 heteroatoms. The minimum atomic E-state index is -3.90. The van der Waals surface area contributed by atoms with E-state index in [1.807, 2.05) is 6.07 Å². The van der Waals surface area contributed by atoms with Crippen molar-refractivity contribution in [3.05, 3.63) is 65.7 Å². The third-order valence-corrected chi connectivity index (χ3v) is 4.37. The average Bonchev–Trinajstić information content (AvgIpc) is 2.42. The van der Waals surface area contributed by atoms with Crippen molar-refractivity contribution in [2.75, 3.05) is 0 Å². The summed E-state index contributed by atoms with van der Waals surface area (Å²) in [5.41, 5.74) is 0.777. The quantitative estimate of drug-likeness (QED) is 0.943. The maximum Gasteiger partial charge on any atom is 0.241 e. The van der Waals surface area contributed by atoms with E-state index >= 15 is 0 Å². The highest BCUT2D eigenvalue weighted by Crippen LogP contribution is 2.18. The van der Waals surface area contributed by atoms with E-state index in [-0.39, 0.29) is 4.90 Å². The average molecular weight is 297 g/mol. The molecule has 20 heavy (non-hydrogen) atoms. The van der Waals surface area contributed by atoms with Crippen molar-refractivity contribution in [1.82, 2.24) is 4.72 Å². The molecule has 0 aliphatic rings. The van der Waals surface area contributed by atoms with E-state index in [1.165, 1.54) is 0 Å². The van der Waals surface area contributed by atoms with Crippen molar-refractivity contribution in [3.63, 3.8) is 0 Å². The lowest BCUT2D eigenvalue weighted by Crippen LogP contribution is -2.27. The smallest absolute Gasteiger partial charge is 0.207 e. The molecule has 0 aliphatic heterocycles. The number of hydrogen-bond donors (Lipinski definition) is 1. The Labute approximate surface area is 116 Å². The number of sulfonamides is 1. The largest absolute Gasteiger partial charge is 0.241 e.